The molecule has 1 aliphatic rings. The summed E-state index contributed by atoms with van der Waals surface area (Å²) < 4.78 is 4.39. The Kier molecular flexibility index (Phi) is 15.4. The van der Waals surface area contributed by atoms with Crippen LogP contribution < -0.4 is 10.6 Å². The molecule has 1 fully saturated rings. The number of carbonyl (C=O) groups is 3. The highest BCUT2D eigenvalue weighted by Gasteiger charge is 2.30. The Labute approximate surface area is 140 Å². The molecule has 1 heterocycles. The van der Waals surface area contributed by atoms with Crippen LogP contribution in [0.3, 0.4) is 0 Å². The molecular formula is C16H33N3O4. The fourth-order valence-electron chi connectivity index (χ4n) is 2.01. The Morgan fingerprint density at radius 1 is 1.22 bits per heavy atom. The Balaban J connectivity index is 0. The molecule has 0 aliphatic carbocycles. The van der Waals surface area contributed by atoms with Crippen molar-refractivity contribution in [3.8, 4) is 0 Å². The van der Waals surface area contributed by atoms with Crippen LogP contribution in [-0.4, -0.2) is 56.1 Å². The minimum absolute atomic E-state index is 0.0723. The van der Waals surface area contributed by atoms with Crippen molar-refractivity contribution < 1.29 is 19.1 Å². The summed E-state index contributed by atoms with van der Waals surface area (Å²) in [7, 11) is 2.81. The third-order valence-corrected chi connectivity index (χ3v) is 2.97. The maximum absolute atomic E-state index is 11.9. The van der Waals surface area contributed by atoms with Crippen molar-refractivity contribution in [2.24, 2.45) is 0 Å². The van der Waals surface area contributed by atoms with E-state index >= 15 is 0 Å². The summed E-state index contributed by atoms with van der Waals surface area (Å²) in [6, 6.07) is -0.0723. The molecule has 2 N–H and O–H groups in total. The van der Waals surface area contributed by atoms with Crippen LogP contribution in [0.5, 0.6) is 0 Å². The largest absolute Gasteiger partial charge is 0.453 e. The topological polar surface area (TPSA) is 87.7 Å². The number of hydrogen-bond donors (Lipinski definition) is 2. The average Bonchev–Trinajstić information content (AvgIpc) is 3.02. The van der Waals surface area contributed by atoms with Crippen LogP contribution in [0.2, 0.25) is 0 Å². The van der Waals surface area contributed by atoms with E-state index in [4.69, 9.17) is 0 Å². The Hall–Kier alpha value is -1.79. The second-order valence-electron chi connectivity index (χ2n) is 4.81. The van der Waals surface area contributed by atoms with Crippen LogP contribution >= 0.6 is 0 Å². The van der Waals surface area contributed by atoms with Crippen molar-refractivity contribution >= 4 is 17.9 Å². The van der Waals surface area contributed by atoms with Gasteiger partial charge in [-0.1, -0.05) is 34.1 Å². The van der Waals surface area contributed by atoms with E-state index in [0.29, 0.717) is 13.0 Å². The lowest BCUT2D eigenvalue weighted by Crippen LogP contribution is -2.44. The molecule has 136 valence electrons. The highest BCUT2D eigenvalue weighted by Crippen LogP contribution is 2.19. The first-order chi connectivity index (χ1) is 11.0. The molecule has 0 spiro atoms. The zero-order chi connectivity index (χ0) is 18.3. The number of carbonyl (C=O) groups excluding carboxylic acids is 3. The van der Waals surface area contributed by atoms with Crippen LogP contribution in [0.4, 0.5) is 4.79 Å². The molecule has 0 aromatic carbocycles. The first-order valence-electron chi connectivity index (χ1n) is 8.31. The summed E-state index contributed by atoms with van der Waals surface area (Å²) in [4.78, 5) is 35.7. The summed E-state index contributed by atoms with van der Waals surface area (Å²) in [5.74, 6) is -0.271. The van der Waals surface area contributed by atoms with Crippen molar-refractivity contribution in [3.05, 3.63) is 0 Å². The van der Waals surface area contributed by atoms with Crippen LogP contribution in [-0.2, 0) is 14.3 Å². The lowest BCUT2D eigenvalue weighted by Gasteiger charge is -2.24. The van der Waals surface area contributed by atoms with E-state index in [1.165, 1.54) is 13.5 Å². The molecule has 0 aromatic rings. The molecule has 0 saturated carbocycles. The normalized spacial score (nSPS) is 15.4. The number of nitrogens with zero attached hydrogens (tertiary/aromatic N) is 1. The number of hydrogen-bond acceptors (Lipinski definition) is 4. The molecule has 7 heteroatoms. The van der Waals surface area contributed by atoms with Gasteiger partial charge in [-0.25, -0.2) is 4.79 Å². The lowest BCUT2D eigenvalue weighted by atomic mass is 10.1. The van der Waals surface area contributed by atoms with Gasteiger partial charge in [0.1, 0.15) is 6.54 Å². The van der Waals surface area contributed by atoms with Crippen molar-refractivity contribution in [2.45, 2.75) is 59.4 Å². The van der Waals surface area contributed by atoms with Gasteiger partial charge in [-0.2, -0.15) is 0 Å². The predicted molar refractivity (Wildman–Crippen MR) is 91.1 cm³/mol. The summed E-state index contributed by atoms with van der Waals surface area (Å²) in [6.07, 6.45) is 2.62. The molecule has 0 aromatic heterocycles. The first kappa shape index (κ1) is 23.5. The van der Waals surface area contributed by atoms with Crippen molar-refractivity contribution in [1.29, 1.82) is 0 Å². The van der Waals surface area contributed by atoms with Crippen LogP contribution in [0.15, 0.2) is 0 Å². The van der Waals surface area contributed by atoms with E-state index in [9.17, 15) is 14.4 Å². The molecule has 1 aliphatic heterocycles. The Morgan fingerprint density at radius 3 is 2.26 bits per heavy atom. The standard InChI is InChI=1S/C11H19N3O4.C3H8.C2H6/c1-12-9(15)6-8-4-3-5-14(8)10(16)7-13-11(17)18-2;1-3-2;1-2/h8H,3-7H2,1-2H3,(H,12,15)(H,13,17);3H2,1-2H3;1-2H3. The molecule has 1 rings (SSSR count). The highest BCUT2D eigenvalue weighted by molar-refractivity contribution is 5.83. The van der Waals surface area contributed by atoms with Gasteiger partial charge >= 0.3 is 6.09 Å². The van der Waals surface area contributed by atoms with Gasteiger partial charge in [-0.3, -0.25) is 9.59 Å². The molecule has 0 radical (unpaired) electrons. The molecule has 1 unspecified atom stereocenters. The number of rotatable bonds is 4. The number of likely N-dealkylation sites (tertiary alicyclic amines) is 1. The zero-order valence-corrected chi connectivity index (χ0v) is 15.4. The molecule has 3 amide bonds. The van der Waals surface area contributed by atoms with E-state index in [-0.39, 0.29) is 24.4 Å². The Morgan fingerprint density at radius 2 is 1.78 bits per heavy atom. The number of alkyl carbamates (subject to hydrolysis) is 1. The van der Waals surface area contributed by atoms with Crippen molar-refractivity contribution in [3.63, 3.8) is 0 Å². The number of ether oxygens (including phenoxy) is 1. The molecule has 1 atom stereocenters. The van der Waals surface area contributed by atoms with E-state index in [2.05, 4.69) is 29.2 Å². The third-order valence-electron chi connectivity index (χ3n) is 2.97. The Bertz CT molecular complexity index is 348. The maximum atomic E-state index is 11.9. The van der Waals surface area contributed by atoms with E-state index in [1.54, 1.807) is 11.9 Å². The summed E-state index contributed by atoms with van der Waals surface area (Å²) in [5.41, 5.74) is 0. The minimum Gasteiger partial charge on any atom is -0.453 e. The molecule has 23 heavy (non-hydrogen) atoms. The third kappa shape index (κ3) is 10.5. The molecular weight excluding hydrogens is 298 g/mol. The van der Waals surface area contributed by atoms with Gasteiger partial charge in [0, 0.05) is 26.1 Å². The van der Waals surface area contributed by atoms with Crippen molar-refractivity contribution in [1.82, 2.24) is 15.5 Å². The monoisotopic (exact) mass is 331 g/mol. The van der Waals surface area contributed by atoms with E-state index < -0.39 is 6.09 Å². The minimum atomic E-state index is -0.634. The SMILES string of the molecule is CC.CCC.CNC(=O)CC1CCCN1C(=O)CNC(=O)OC. The smallest absolute Gasteiger partial charge is 0.407 e. The van der Waals surface area contributed by atoms with Gasteiger partial charge in [0.05, 0.1) is 7.11 Å². The predicted octanol–water partition coefficient (Wildman–Crippen LogP) is 1.91. The van der Waals surface area contributed by atoms with Crippen molar-refractivity contribution in [2.75, 3.05) is 27.2 Å². The van der Waals surface area contributed by atoms with Crippen LogP contribution in [0, 0.1) is 0 Å². The molecule has 0 bridgehead atoms. The highest BCUT2D eigenvalue weighted by atomic mass is 16.5. The summed E-state index contributed by atoms with van der Waals surface area (Å²) >= 11 is 0. The van der Waals surface area contributed by atoms with Gasteiger partial charge in [-0.15, -0.1) is 0 Å². The van der Waals surface area contributed by atoms with Gasteiger partial charge in [0.15, 0.2) is 0 Å². The second kappa shape index (κ2) is 15.1. The number of nitrogens with one attached hydrogen (secondary N) is 2. The van der Waals surface area contributed by atoms with Gasteiger partial charge < -0.3 is 20.3 Å². The fraction of sp³-hybridized carbons (Fsp3) is 0.812. The second-order valence-corrected chi connectivity index (χ2v) is 4.81. The number of amides is 3. The quantitative estimate of drug-likeness (QED) is 0.824. The van der Waals surface area contributed by atoms with Gasteiger partial charge in [0.25, 0.3) is 0 Å². The van der Waals surface area contributed by atoms with Gasteiger partial charge in [-0.05, 0) is 12.8 Å². The zero-order valence-electron chi connectivity index (χ0n) is 15.4. The summed E-state index contributed by atoms with van der Waals surface area (Å²) in [5, 5.41) is 4.89. The molecule has 7 nitrogen and oxygen atoms in total. The maximum Gasteiger partial charge on any atom is 0.407 e. The lowest BCUT2D eigenvalue weighted by molar-refractivity contribution is -0.132. The van der Waals surface area contributed by atoms with E-state index in [0.717, 1.165) is 12.8 Å². The number of methoxy groups -OCH3 is 1. The summed E-state index contributed by atoms with van der Waals surface area (Å²) in [6.45, 7) is 8.78. The average molecular weight is 331 g/mol. The van der Waals surface area contributed by atoms with Gasteiger partial charge in [0.2, 0.25) is 11.8 Å². The van der Waals surface area contributed by atoms with Crippen LogP contribution in [0.1, 0.15) is 53.4 Å². The van der Waals surface area contributed by atoms with Crippen LogP contribution in [0.25, 0.3) is 0 Å². The van der Waals surface area contributed by atoms with E-state index in [1.807, 2.05) is 13.8 Å². The first-order valence-corrected chi connectivity index (χ1v) is 8.31. The fourth-order valence-corrected chi connectivity index (χ4v) is 2.01. The molecule has 1 saturated heterocycles.